The molecule has 7 nitrogen and oxygen atoms in total. The average molecular weight is 431 g/mol. The van der Waals surface area contributed by atoms with E-state index in [0.29, 0.717) is 16.8 Å². The zero-order valence-corrected chi connectivity index (χ0v) is 15.7. The molecular weight excluding hydrogens is 416 g/mol. The second kappa shape index (κ2) is 8.13. The minimum absolute atomic E-state index is 0.0977. The number of esters is 1. The molecule has 0 unspecified atom stereocenters. The van der Waals surface area contributed by atoms with Crippen molar-refractivity contribution in [1.29, 1.82) is 0 Å². The molecule has 8 heteroatoms. The summed E-state index contributed by atoms with van der Waals surface area (Å²) in [6, 6.07) is 13.4. The van der Waals surface area contributed by atoms with Gasteiger partial charge in [0, 0.05) is 16.7 Å². The Bertz CT molecular complexity index is 876. The summed E-state index contributed by atoms with van der Waals surface area (Å²) in [6.07, 6.45) is -0.183. The Labute approximate surface area is 163 Å². The van der Waals surface area contributed by atoms with E-state index in [4.69, 9.17) is 4.74 Å². The Balaban J connectivity index is 1.45. The summed E-state index contributed by atoms with van der Waals surface area (Å²) in [6.45, 7) is -0.545. The van der Waals surface area contributed by atoms with Gasteiger partial charge in [-0.05, 0) is 36.4 Å². The number of rotatable bonds is 6. The third-order valence-corrected chi connectivity index (χ3v) is 4.44. The molecule has 1 aliphatic heterocycles. The summed E-state index contributed by atoms with van der Waals surface area (Å²) in [4.78, 5) is 49.0. The number of hydrogen-bond acceptors (Lipinski definition) is 5. The Hall–Kier alpha value is -3.00. The number of halogens is 1. The molecule has 1 heterocycles. The highest BCUT2D eigenvalue weighted by molar-refractivity contribution is 9.10. The van der Waals surface area contributed by atoms with Crippen LogP contribution >= 0.6 is 15.9 Å². The number of ether oxygens (including phenoxy) is 1. The van der Waals surface area contributed by atoms with Gasteiger partial charge in [-0.3, -0.25) is 24.1 Å². The van der Waals surface area contributed by atoms with E-state index in [-0.39, 0.29) is 13.0 Å². The van der Waals surface area contributed by atoms with E-state index in [1.165, 1.54) is 0 Å². The van der Waals surface area contributed by atoms with E-state index >= 15 is 0 Å². The molecule has 0 atom stereocenters. The van der Waals surface area contributed by atoms with Gasteiger partial charge >= 0.3 is 5.97 Å². The maximum atomic E-state index is 12.2. The van der Waals surface area contributed by atoms with Crippen molar-refractivity contribution in [3.05, 3.63) is 64.1 Å². The molecule has 1 N–H and O–H groups in total. The van der Waals surface area contributed by atoms with E-state index in [1.807, 2.05) is 0 Å². The first kappa shape index (κ1) is 18.8. The van der Waals surface area contributed by atoms with E-state index in [0.717, 1.165) is 9.37 Å². The van der Waals surface area contributed by atoms with Crippen LogP contribution in [0.25, 0.3) is 0 Å². The highest BCUT2D eigenvalue weighted by Gasteiger charge is 2.35. The topological polar surface area (TPSA) is 92.8 Å². The first-order chi connectivity index (χ1) is 13.0. The van der Waals surface area contributed by atoms with Crippen LogP contribution in [0.3, 0.4) is 0 Å². The van der Waals surface area contributed by atoms with Crippen molar-refractivity contribution in [3.63, 3.8) is 0 Å². The summed E-state index contributed by atoms with van der Waals surface area (Å²) < 4.78 is 5.77. The van der Waals surface area contributed by atoms with Gasteiger partial charge in [-0.2, -0.15) is 0 Å². The summed E-state index contributed by atoms with van der Waals surface area (Å²) in [5.41, 5.74) is 1.22. The van der Waals surface area contributed by atoms with Crippen LogP contribution < -0.4 is 5.32 Å². The maximum absolute atomic E-state index is 12.2. The smallest absolute Gasteiger partial charge is 0.308 e. The quantitative estimate of drug-likeness (QED) is 0.561. The normalized spacial score (nSPS) is 12.7. The van der Waals surface area contributed by atoms with Crippen molar-refractivity contribution in [2.75, 3.05) is 18.5 Å². The van der Waals surface area contributed by atoms with Crippen LogP contribution in [-0.2, 0) is 14.3 Å². The molecule has 0 saturated carbocycles. The van der Waals surface area contributed by atoms with Gasteiger partial charge in [-0.15, -0.1) is 0 Å². The third-order valence-electron chi connectivity index (χ3n) is 3.91. The number of nitrogens with one attached hydrogen (secondary N) is 1. The van der Waals surface area contributed by atoms with Crippen molar-refractivity contribution >= 4 is 45.3 Å². The standard InChI is InChI=1S/C19H15BrN2O5/c20-12-5-7-13(8-6-12)21-16(23)11-27-17(24)9-10-22-18(25)14-3-1-2-4-15(14)19(22)26/h1-8H,9-11H2,(H,21,23). The van der Waals surface area contributed by atoms with Gasteiger partial charge in [0.25, 0.3) is 17.7 Å². The van der Waals surface area contributed by atoms with Crippen LogP contribution in [0.15, 0.2) is 53.0 Å². The van der Waals surface area contributed by atoms with Gasteiger partial charge in [0.1, 0.15) is 0 Å². The van der Waals surface area contributed by atoms with Crippen molar-refractivity contribution in [2.45, 2.75) is 6.42 Å². The summed E-state index contributed by atoms with van der Waals surface area (Å²) in [5, 5.41) is 2.59. The molecule has 1 aliphatic rings. The molecule has 3 rings (SSSR count). The maximum Gasteiger partial charge on any atom is 0.308 e. The highest BCUT2D eigenvalue weighted by Crippen LogP contribution is 2.22. The SMILES string of the molecule is O=C(COC(=O)CCN1C(=O)c2ccccc2C1=O)Nc1ccc(Br)cc1. The first-order valence-corrected chi connectivity index (χ1v) is 8.91. The summed E-state index contributed by atoms with van der Waals surface area (Å²) in [7, 11) is 0. The monoisotopic (exact) mass is 430 g/mol. The van der Waals surface area contributed by atoms with E-state index in [2.05, 4.69) is 21.2 Å². The van der Waals surface area contributed by atoms with Crippen LogP contribution in [-0.4, -0.2) is 41.7 Å². The number of hydrogen-bond donors (Lipinski definition) is 1. The van der Waals surface area contributed by atoms with Crippen LogP contribution in [0.2, 0.25) is 0 Å². The number of imide groups is 1. The second-order valence-electron chi connectivity index (χ2n) is 5.77. The summed E-state index contributed by atoms with van der Waals surface area (Å²) >= 11 is 3.29. The number of fused-ring (bicyclic) bond motifs is 1. The Morgan fingerprint density at radius 2 is 1.56 bits per heavy atom. The molecule has 0 aromatic heterocycles. The van der Waals surface area contributed by atoms with Gasteiger partial charge in [0.15, 0.2) is 6.61 Å². The lowest BCUT2D eigenvalue weighted by molar-refractivity contribution is -0.147. The lowest BCUT2D eigenvalue weighted by Gasteiger charge is -2.13. The molecule has 2 aromatic carbocycles. The number of amides is 3. The van der Waals surface area contributed by atoms with Crippen molar-refractivity contribution in [1.82, 2.24) is 4.90 Å². The Kier molecular flexibility index (Phi) is 5.66. The zero-order valence-electron chi connectivity index (χ0n) is 14.1. The second-order valence-corrected chi connectivity index (χ2v) is 6.69. The number of benzene rings is 2. The average Bonchev–Trinajstić information content (AvgIpc) is 2.91. The fourth-order valence-electron chi connectivity index (χ4n) is 2.59. The minimum Gasteiger partial charge on any atom is -0.456 e. The Morgan fingerprint density at radius 3 is 2.15 bits per heavy atom. The van der Waals surface area contributed by atoms with Crippen LogP contribution in [0, 0.1) is 0 Å². The molecule has 3 amide bonds. The molecule has 0 fully saturated rings. The largest absolute Gasteiger partial charge is 0.456 e. The molecular formula is C19H15BrN2O5. The molecule has 0 saturated heterocycles. The van der Waals surface area contributed by atoms with E-state index in [1.54, 1.807) is 48.5 Å². The molecule has 138 valence electrons. The van der Waals surface area contributed by atoms with Crippen molar-refractivity contribution in [2.24, 2.45) is 0 Å². The highest BCUT2D eigenvalue weighted by atomic mass is 79.9. The van der Waals surface area contributed by atoms with Crippen LogP contribution in [0.1, 0.15) is 27.1 Å². The molecule has 2 aromatic rings. The first-order valence-electron chi connectivity index (χ1n) is 8.12. The van der Waals surface area contributed by atoms with Crippen molar-refractivity contribution < 1.29 is 23.9 Å². The van der Waals surface area contributed by atoms with Crippen LogP contribution in [0.5, 0.6) is 0 Å². The minimum atomic E-state index is -0.669. The Morgan fingerprint density at radius 1 is 0.963 bits per heavy atom. The summed E-state index contributed by atoms with van der Waals surface area (Å²) in [5.74, 6) is -2.02. The van der Waals surface area contributed by atoms with Gasteiger partial charge < -0.3 is 10.1 Å². The lowest BCUT2D eigenvalue weighted by Crippen LogP contribution is -2.32. The number of carbonyl (C=O) groups is 4. The fourth-order valence-corrected chi connectivity index (χ4v) is 2.86. The van der Waals surface area contributed by atoms with E-state index < -0.39 is 30.3 Å². The predicted octanol–water partition coefficient (Wildman–Crippen LogP) is 2.62. The lowest BCUT2D eigenvalue weighted by atomic mass is 10.1. The number of anilines is 1. The number of nitrogens with zero attached hydrogens (tertiary/aromatic N) is 1. The molecule has 0 bridgehead atoms. The van der Waals surface area contributed by atoms with Gasteiger partial charge in [0.2, 0.25) is 0 Å². The third kappa shape index (κ3) is 4.40. The van der Waals surface area contributed by atoms with Gasteiger partial charge in [0.05, 0.1) is 17.5 Å². The van der Waals surface area contributed by atoms with Crippen molar-refractivity contribution in [3.8, 4) is 0 Å². The van der Waals surface area contributed by atoms with Gasteiger partial charge in [-0.1, -0.05) is 28.1 Å². The van der Waals surface area contributed by atoms with Crippen LogP contribution in [0.4, 0.5) is 5.69 Å². The zero-order chi connectivity index (χ0) is 19.4. The molecule has 0 radical (unpaired) electrons. The molecule has 0 aliphatic carbocycles. The van der Waals surface area contributed by atoms with Gasteiger partial charge in [-0.25, -0.2) is 0 Å². The predicted molar refractivity (Wildman–Crippen MR) is 100 cm³/mol. The molecule has 0 spiro atoms. The fraction of sp³-hybridized carbons (Fsp3) is 0.158. The number of carbonyl (C=O) groups excluding carboxylic acids is 4. The van der Waals surface area contributed by atoms with E-state index in [9.17, 15) is 19.2 Å². The molecule has 27 heavy (non-hydrogen) atoms.